The molecular weight excluding hydrogens is 334 g/mol. The number of methoxy groups -OCH3 is 3. The monoisotopic (exact) mass is 357 g/mol. The number of nitrogens with one attached hydrogen (secondary N) is 1. The van der Waals surface area contributed by atoms with Crippen molar-refractivity contribution < 1.29 is 14.2 Å². The Labute approximate surface area is 135 Å². The van der Waals surface area contributed by atoms with Crippen LogP contribution in [0, 0.1) is 5.41 Å². The van der Waals surface area contributed by atoms with Crippen molar-refractivity contribution in [3.05, 3.63) is 22.2 Å². The Morgan fingerprint density at radius 3 is 2.48 bits per heavy atom. The fourth-order valence-corrected chi connectivity index (χ4v) is 3.60. The van der Waals surface area contributed by atoms with E-state index in [9.17, 15) is 0 Å². The molecular formula is C16H24BrNO3. The molecule has 0 aliphatic heterocycles. The molecule has 118 valence electrons. The SMILES string of the molecule is COc1cc(CNC2CC(OC)C2(C)C)cc(Br)c1OC. The summed E-state index contributed by atoms with van der Waals surface area (Å²) in [6, 6.07) is 4.54. The summed E-state index contributed by atoms with van der Waals surface area (Å²) in [5, 5.41) is 3.61. The molecule has 1 aromatic carbocycles. The molecule has 0 saturated heterocycles. The lowest BCUT2D eigenvalue weighted by molar-refractivity contribution is -0.0979. The van der Waals surface area contributed by atoms with Gasteiger partial charge in [0.2, 0.25) is 0 Å². The molecule has 1 fully saturated rings. The Bertz CT molecular complexity index is 505. The normalized spacial score (nSPS) is 23.5. The standard InChI is InChI=1S/C16H24BrNO3/c1-16(2)13(8-14(16)20-4)18-9-10-6-11(17)15(21-5)12(7-10)19-3/h6-7,13-14,18H,8-9H2,1-5H3. The summed E-state index contributed by atoms with van der Waals surface area (Å²) in [6.07, 6.45) is 1.39. The molecule has 2 unspecified atom stereocenters. The van der Waals surface area contributed by atoms with E-state index in [1.165, 1.54) is 0 Å². The molecule has 0 spiro atoms. The maximum absolute atomic E-state index is 5.49. The minimum Gasteiger partial charge on any atom is -0.493 e. The van der Waals surface area contributed by atoms with Crippen LogP contribution in [0.15, 0.2) is 16.6 Å². The minimum atomic E-state index is 0.169. The van der Waals surface area contributed by atoms with Gasteiger partial charge in [0.25, 0.3) is 0 Å². The summed E-state index contributed by atoms with van der Waals surface area (Å²) in [5.74, 6) is 1.47. The van der Waals surface area contributed by atoms with Crippen LogP contribution in [0.25, 0.3) is 0 Å². The zero-order valence-corrected chi connectivity index (χ0v) is 14.9. The first-order valence-electron chi connectivity index (χ1n) is 7.10. The van der Waals surface area contributed by atoms with Crippen LogP contribution in [-0.4, -0.2) is 33.5 Å². The molecule has 21 heavy (non-hydrogen) atoms. The fraction of sp³-hybridized carbons (Fsp3) is 0.625. The van der Waals surface area contributed by atoms with Gasteiger partial charge in [-0.25, -0.2) is 0 Å². The van der Waals surface area contributed by atoms with Gasteiger partial charge in [0.15, 0.2) is 11.5 Å². The average Bonchev–Trinajstić information content (AvgIpc) is 2.45. The van der Waals surface area contributed by atoms with E-state index in [0.717, 1.165) is 34.5 Å². The van der Waals surface area contributed by atoms with Crippen LogP contribution < -0.4 is 14.8 Å². The van der Waals surface area contributed by atoms with Gasteiger partial charge in [0.1, 0.15) is 0 Å². The number of rotatable bonds is 6. The van der Waals surface area contributed by atoms with E-state index < -0.39 is 0 Å². The summed E-state index contributed by atoms with van der Waals surface area (Å²) in [4.78, 5) is 0. The first-order chi connectivity index (χ1) is 9.93. The topological polar surface area (TPSA) is 39.7 Å². The first kappa shape index (κ1) is 16.6. The predicted molar refractivity (Wildman–Crippen MR) is 87.1 cm³/mol. The zero-order chi connectivity index (χ0) is 15.6. The van der Waals surface area contributed by atoms with Gasteiger partial charge in [-0.1, -0.05) is 13.8 Å². The van der Waals surface area contributed by atoms with Gasteiger partial charge < -0.3 is 19.5 Å². The molecule has 0 amide bonds. The van der Waals surface area contributed by atoms with Crippen LogP contribution in [0.2, 0.25) is 0 Å². The molecule has 1 aliphatic rings. The van der Waals surface area contributed by atoms with Crippen LogP contribution in [0.4, 0.5) is 0 Å². The molecule has 2 atom stereocenters. The number of ether oxygens (including phenoxy) is 3. The predicted octanol–water partition coefficient (Wildman–Crippen LogP) is 3.37. The molecule has 5 heteroatoms. The molecule has 1 aromatic rings. The quantitative estimate of drug-likeness (QED) is 0.847. The smallest absolute Gasteiger partial charge is 0.174 e. The van der Waals surface area contributed by atoms with E-state index in [4.69, 9.17) is 14.2 Å². The van der Waals surface area contributed by atoms with Gasteiger partial charge in [0.05, 0.1) is 24.8 Å². The molecule has 0 heterocycles. The number of benzene rings is 1. The highest BCUT2D eigenvalue weighted by Gasteiger charge is 2.48. The van der Waals surface area contributed by atoms with E-state index >= 15 is 0 Å². The Morgan fingerprint density at radius 1 is 1.24 bits per heavy atom. The van der Waals surface area contributed by atoms with E-state index in [2.05, 4.69) is 41.2 Å². The molecule has 1 saturated carbocycles. The largest absolute Gasteiger partial charge is 0.493 e. The summed E-state index contributed by atoms with van der Waals surface area (Å²) in [5.41, 5.74) is 1.33. The van der Waals surface area contributed by atoms with Crippen molar-refractivity contribution in [3.8, 4) is 11.5 Å². The second-order valence-electron chi connectivity index (χ2n) is 6.03. The van der Waals surface area contributed by atoms with Crippen LogP contribution in [-0.2, 0) is 11.3 Å². The lowest BCUT2D eigenvalue weighted by atomic mass is 9.64. The van der Waals surface area contributed by atoms with Crippen LogP contribution in [0.3, 0.4) is 0 Å². The van der Waals surface area contributed by atoms with Gasteiger partial charge in [-0.3, -0.25) is 0 Å². The number of hydrogen-bond donors (Lipinski definition) is 1. The van der Waals surface area contributed by atoms with Crippen molar-refractivity contribution in [2.75, 3.05) is 21.3 Å². The van der Waals surface area contributed by atoms with Gasteiger partial charge >= 0.3 is 0 Å². The number of halogens is 1. The molecule has 1 aliphatic carbocycles. The Hall–Kier alpha value is -0.780. The van der Waals surface area contributed by atoms with Crippen LogP contribution in [0.1, 0.15) is 25.8 Å². The first-order valence-corrected chi connectivity index (χ1v) is 7.90. The molecule has 0 aromatic heterocycles. The summed E-state index contributed by atoms with van der Waals surface area (Å²) < 4.78 is 17.1. The third-order valence-electron chi connectivity index (χ3n) is 4.51. The molecule has 2 rings (SSSR count). The van der Waals surface area contributed by atoms with E-state index in [-0.39, 0.29) is 5.41 Å². The molecule has 1 N–H and O–H groups in total. The van der Waals surface area contributed by atoms with Crippen LogP contribution >= 0.6 is 15.9 Å². The van der Waals surface area contributed by atoms with Gasteiger partial charge in [-0.05, 0) is 40.0 Å². The van der Waals surface area contributed by atoms with Crippen molar-refractivity contribution in [2.45, 2.75) is 39.0 Å². The fourth-order valence-electron chi connectivity index (χ4n) is 2.95. The van der Waals surface area contributed by atoms with E-state index in [1.54, 1.807) is 21.3 Å². The number of hydrogen-bond acceptors (Lipinski definition) is 4. The van der Waals surface area contributed by atoms with Crippen molar-refractivity contribution in [3.63, 3.8) is 0 Å². The van der Waals surface area contributed by atoms with Crippen molar-refractivity contribution in [2.24, 2.45) is 5.41 Å². The lowest BCUT2D eigenvalue weighted by Crippen LogP contribution is -2.60. The third kappa shape index (κ3) is 3.20. The second kappa shape index (κ2) is 6.55. The highest BCUT2D eigenvalue weighted by Crippen LogP contribution is 2.42. The highest BCUT2D eigenvalue weighted by atomic mass is 79.9. The minimum absolute atomic E-state index is 0.169. The van der Waals surface area contributed by atoms with E-state index in [0.29, 0.717) is 12.1 Å². The molecule has 4 nitrogen and oxygen atoms in total. The Kier molecular flexibility index (Phi) is 5.17. The molecule has 0 radical (unpaired) electrons. The van der Waals surface area contributed by atoms with Crippen molar-refractivity contribution in [1.29, 1.82) is 0 Å². The third-order valence-corrected chi connectivity index (χ3v) is 5.10. The maximum atomic E-state index is 5.49. The van der Waals surface area contributed by atoms with Gasteiger partial charge in [-0.15, -0.1) is 0 Å². The average molecular weight is 358 g/mol. The summed E-state index contributed by atoms with van der Waals surface area (Å²) >= 11 is 3.53. The lowest BCUT2D eigenvalue weighted by Gasteiger charge is -2.51. The van der Waals surface area contributed by atoms with E-state index in [1.807, 2.05) is 6.07 Å². The maximum Gasteiger partial charge on any atom is 0.174 e. The van der Waals surface area contributed by atoms with Gasteiger partial charge in [-0.2, -0.15) is 0 Å². The van der Waals surface area contributed by atoms with Crippen LogP contribution in [0.5, 0.6) is 11.5 Å². The van der Waals surface area contributed by atoms with Crippen molar-refractivity contribution in [1.82, 2.24) is 5.32 Å². The second-order valence-corrected chi connectivity index (χ2v) is 6.88. The van der Waals surface area contributed by atoms with Gasteiger partial charge in [0, 0.05) is 25.1 Å². The Morgan fingerprint density at radius 2 is 1.95 bits per heavy atom. The highest BCUT2D eigenvalue weighted by molar-refractivity contribution is 9.10. The van der Waals surface area contributed by atoms with Crippen molar-refractivity contribution >= 4 is 15.9 Å². The summed E-state index contributed by atoms with van der Waals surface area (Å²) in [6.45, 7) is 5.28. The Balaban J connectivity index is 2.03. The molecule has 0 bridgehead atoms. The zero-order valence-electron chi connectivity index (χ0n) is 13.3. The summed E-state index contributed by atoms with van der Waals surface area (Å²) in [7, 11) is 5.08.